The van der Waals surface area contributed by atoms with Crippen molar-refractivity contribution < 1.29 is 9.53 Å². The van der Waals surface area contributed by atoms with Gasteiger partial charge >= 0.3 is 0 Å². The summed E-state index contributed by atoms with van der Waals surface area (Å²) in [6, 6.07) is 0. The predicted octanol–water partition coefficient (Wildman–Crippen LogP) is 3.14. The molecule has 2 aliphatic carbocycles. The van der Waals surface area contributed by atoms with Crippen LogP contribution in [0.25, 0.3) is 0 Å². The molecule has 5 heteroatoms. The lowest BCUT2D eigenvalue weighted by Gasteiger charge is -2.15. The second kappa shape index (κ2) is 4.40. The van der Waals surface area contributed by atoms with Crippen molar-refractivity contribution in [1.29, 1.82) is 0 Å². The molecule has 0 aliphatic heterocycles. The van der Waals surface area contributed by atoms with E-state index in [2.05, 4.69) is 5.32 Å². The molecule has 104 valence electrons. The van der Waals surface area contributed by atoms with Crippen molar-refractivity contribution in [3.05, 3.63) is 4.88 Å². The first-order chi connectivity index (χ1) is 9.07. The van der Waals surface area contributed by atoms with Crippen LogP contribution in [0.4, 0.5) is 10.7 Å². The minimum absolute atomic E-state index is 0.00261. The lowest BCUT2D eigenvalue weighted by Crippen LogP contribution is -2.17. The number of Topliss-reactive ketones (excluding diaryl/α,β-unsaturated/α-hetero) is 1. The fourth-order valence-electron chi connectivity index (χ4n) is 2.85. The zero-order valence-electron chi connectivity index (χ0n) is 11.4. The zero-order valence-corrected chi connectivity index (χ0v) is 12.2. The van der Waals surface area contributed by atoms with Crippen molar-refractivity contribution in [3.8, 4) is 5.75 Å². The van der Waals surface area contributed by atoms with Crippen LogP contribution in [0.15, 0.2) is 0 Å². The molecule has 0 unspecified atom stereocenters. The molecular formula is C14H20N2O2S. The Bertz CT molecular complexity index is 516. The number of nitrogens with two attached hydrogens (primary N) is 1. The fourth-order valence-corrected chi connectivity index (χ4v) is 3.83. The molecule has 3 N–H and O–H groups in total. The van der Waals surface area contributed by atoms with Crippen LogP contribution in [0.2, 0.25) is 0 Å². The number of methoxy groups -OCH3 is 1. The second-order valence-corrected chi connectivity index (χ2v) is 6.77. The van der Waals surface area contributed by atoms with E-state index in [9.17, 15) is 4.79 Å². The molecule has 2 fully saturated rings. The third-order valence-corrected chi connectivity index (χ3v) is 5.61. The smallest absolute Gasteiger partial charge is 0.176 e. The van der Waals surface area contributed by atoms with Gasteiger partial charge in [-0.3, -0.25) is 4.79 Å². The number of hydrogen-bond acceptors (Lipinski definition) is 5. The number of rotatable bonds is 6. The quantitative estimate of drug-likeness (QED) is 0.786. The maximum atomic E-state index is 11.5. The van der Waals surface area contributed by atoms with E-state index in [0.717, 1.165) is 17.5 Å². The number of ketones is 1. The van der Waals surface area contributed by atoms with E-state index in [4.69, 9.17) is 10.5 Å². The van der Waals surface area contributed by atoms with Crippen molar-refractivity contribution in [2.75, 3.05) is 24.7 Å². The molecule has 1 heterocycles. The summed E-state index contributed by atoms with van der Waals surface area (Å²) in [6.07, 6.45) is 5.41. The largest absolute Gasteiger partial charge is 0.492 e. The highest BCUT2D eigenvalue weighted by molar-refractivity contribution is 7.19. The van der Waals surface area contributed by atoms with Gasteiger partial charge in [0.1, 0.15) is 5.00 Å². The van der Waals surface area contributed by atoms with Crippen LogP contribution in [-0.2, 0) is 0 Å². The van der Waals surface area contributed by atoms with E-state index in [-0.39, 0.29) is 5.78 Å². The number of carbonyl (C=O) groups excluding carboxylic acids is 1. The highest BCUT2D eigenvalue weighted by atomic mass is 32.1. The van der Waals surface area contributed by atoms with Crippen LogP contribution < -0.4 is 15.8 Å². The van der Waals surface area contributed by atoms with Crippen LogP contribution >= 0.6 is 11.3 Å². The molecule has 4 nitrogen and oxygen atoms in total. The topological polar surface area (TPSA) is 64.3 Å². The van der Waals surface area contributed by atoms with Crippen LogP contribution in [-0.4, -0.2) is 19.4 Å². The summed E-state index contributed by atoms with van der Waals surface area (Å²) < 4.78 is 5.34. The lowest BCUT2D eigenvalue weighted by molar-refractivity contribution is 0.102. The number of nitrogen functional groups attached to an aromatic ring is 1. The first kappa shape index (κ1) is 12.8. The molecule has 0 aromatic carbocycles. The van der Waals surface area contributed by atoms with E-state index in [1.165, 1.54) is 43.9 Å². The molecule has 3 rings (SSSR count). The Kier molecular flexibility index (Phi) is 2.96. The lowest BCUT2D eigenvalue weighted by atomic mass is 10.0. The van der Waals surface area contributed by atoms with Crippen molar-refractivity contribution in [1.82, 2.24) is 0 Å². The maximum absolute atomic E-state index is 11.5. The van der Waals surface area contributed by atoms with Crippen molar-refractivity contribution >= 4 is 27.8 Å². The monoisotopic (exact) mass is 280 g/mol. The van der Waals surface area contributed by atoms with Gasteiger partial charge in [0.15, 0.2) is 11.5 Å². The van der Waals surface area contributed by atoms with Crippen molar-refractivity contribution in [2.24, 2.45) is 11.3 Å². The van der Waals surface area contributed by atoms with E-state index < -0.39 is 0 Å². The van der Waals surface area contributed by atoms with Crippen molar-refractivity contribution in [3.63, 3.8) is 0 Å². The Morgan fingerprint density at radius 1 is 1.53 bits per heavy atom. The van der Waals surface area contributed by atoms with E-state index in [0.29, 0.717) is 21.7 Å². The van der Waals surface area contributed by atoms with Gasteiger partial charge in [0.2, 0.25) is 0 Å². The zero-order chi connectivity index (χ0) is 13.6. The predicted molar refractivity (Wildman–Crippen MR) is 78.2 cm³/mol. The molecule has 1 aromatic heterocycles. The average Bonchev–Trinajstić information content (AvgIpc) is 3.24. The highest BCUT2D eigenvalue weighted by Gasteiger charge is 2.53. The SMILES string of the molecule is COc1c(NCC2(C3CC3)CC2)sc(C(C)=O)c1N. The number of carbonyl (C=O) groups is 1. The molecule has 0 saturated heterocycles. The Balaban J connectivity index is 1.76. The Morgan fingerprint density at radius 3 is 2.68 bits per heavy atom. The summed E-state index contributed by atoms with van der Waals surface area (Å²) in [5.41, 5.74) is 6.95. The number of nitrogens with one attached hydrogen (secondary N) is 1. The Labute approximate surface area is 117 Å². The molecule has 19 heavy (non-hydrogen) atoms. The normalized spacial score (nSPS) is 20.1. The van der Waals surface area contributed by atoms with Crippen LogP contribution in [0.5, 0.6) is 5.75 Å². The third kappa shape index (κ3) is 2.20. The Morgan fingerprint density at radius 2 is 2.21 bits per heavy atom. The number of ether oxygens (including phenoxy) is 1. The van der Waals surface area contributed by atoms with Gasteiger partial charge < -0.3 is 15.8 Å². The summed E-state index contributed by atoms with van der Waals surface area (Å²) in [7, 11) is 1.60. The molecule has 0 spiro atoms. The number of hydrogen-bond donors (Lipinski definition) is 2. The van der Waals surface area contributed by atoms with Crippen LogP contribution in [0.3, 0.4) is 0 Å². The van der Waals surface area contributed by atoms with Gasteiger partial charge in [-0.15, -0.1) is 11.3 Å². The first-order valence-corrected chi connectivity index (χ1v) is 7.60. The maximum Gasteiger partial charge on any atom is 0.176 e. The second-order valence-electron chi connectivity index (χ2n) is 5.75. The molecule has 0 bridgehead atoms. The summed E-state index contributed by atoms with van der Waals surface area (Å²) >= 11 is 1.41. The standard InChI is InChI=1S/C14H20N2O2S/c1-8(17)12-10(15)11(18-2)13(19-12)16-7-14(5-6-14)9-3-4-9/h9,16H,3-7,15H2,1-2H3. The highest BCUT2D eigenvalue weighted by Crippen LogP contribution is 2.61. The molecule has 1 aromatic rings. The van der Waals surface area contributed by atoms with Gasteiger partial charge in [-0.2, -0.15) is 0 Å². The summed E-state index contributed by atoms with van der Waals surface area (Å²) in [6.45, 7) is 2.52. The first-order valence-electron chi connectivity index (χ1n) is 6.78. The molecule has 0 amide bonds. The van der Waals surface area contributed by atoms with Crippen molar-refractivity contribution in [2.45, 2.75) is 32.6 Å². The van der Waals surface area contributed by atoms with Gasteiger partial charge in [0.25, 0.3) is 0 Å². The van der Waals surface area contributed by atoms with E-state index in [1.807, 2.05) is 0 Å². The molecule has 0 atom stereocenters. The van der Waals surface area contributed by atoms with Crippen LogP contribution in [0.1, 0.15) is 42.3 Å². The van der Waals surface area contributed by atoms with Gasteiger partial charge in [-0.1, -0.05) is 0 Å². The molecule has 0 radical (unpaired) electrons. The Hall–Kier alpha value is -1.23. The average molecular weight is 280 g/mol. The van der Waals surface area contributed by atoms with Gasteiger partial charge in [0.05, 0.1) is 17.7 Å². The fraction of sp³-hybridized carbons (Fsp3) is 0.643. The van der Waals surface area contributed by atoms with E-state index >= 15 is 0 Å². The van der Waals surface area contributed by atoms with Gasteiger partial charge in [-0.05, 0) is 37.0 Å². The third-order valence-electron chi connectivity index (χ3n) is 4.36. The summed E-state index contributed by atoms with van der Waals surface area (Å²) in [4.78, 5) is 12.1. The van der Waals surface area contributed by atoms with Gasteiger partial charge in [-0.25, -0.2) is 0 Å². The molecular weight excluding hydrogens is 260 g/mol. The van der Waals surface area contributed by atoms with Gasteiger partial charge in [0, 0.05) is 13.5 Å². The molecule has 2 saturated carbocycles. The minimum Gasteiger partial charge on any atom is -0.492 e. The molecule has 2 aliphatic rings. The van der Waals surface area contributed by atoms with Crippen LogP contribution in [0, 0.1) is 11.3 Å². The minimum atomic E-state index is -0.00261. The summed E-state index contributed by atoms with van der Waals surface area (Å²) in [5, 5.41) is 4.37. The number of thiophene rings is 1. The number of anilines is 2. The van der Waals surface area contributed by atoms with E-state index in [1.54, 1.807) is 7.11 Å². The summed E-state index contributed by atoms with van der Waals surface area (Å²) in [5.74, 6) is 1.54.